The van der Waals surface area contributed by atoms with Crippen molar-refractivity contribution in [2.24, 2.45) is 7.05 Å². The first-order chi connectivity index (χ1) is 15.4. The number of hydrogen-bond acceptors (Lipinski definition) is 4. The van der Waals surface area contributed by atoms with Crippen LogP contribution in [0.15, 0.2) is 53.3 Å². The van der Waals surface area contributed by atoms with Crippen LogP contribution in [-0.4, -0.2) is 63.5 Å². The number of imidazole rings is 1. The molecule has 1 N–H and O–H groups in total. The van der Waals surface area contributed by atoms with Crippen LogP contribution in [0.5, 0.6) is 0 Å². The van der Waals surface area contributed by atoms with E-state index in [1.807, 2.05) is 29.2 Å². The number of carbonyl (C=O) groups excluding carboxylic acids is 2. The first-order valence-electron chi connectivity index (χ1n) is 10.6. The third kappa shape index (κ3) is 4.72. The van der Waals surface area contributed by atoms with Crippen LogP contribution in [0.25, 0.3) is 11.0 Å². The molecule has 8 nitrogen and oxygen atoms in total. The lowest BCUT2D eigenvalue weighted by Crippen LogP contribution is -2.50. The van der Waals surface area contributed by atoms with E-state index in [2.05, 4.69) is 5.32 Å². The van der Waals surface area contributed by atoms with Crippen LogP contribution in [0.1, 0.15) is 6.42 Å². The van der Waals surface area contributed by atoms with Crippen LogP contribution in [-0.2, 0) is 23.2 Å². The van der Waals surface area contributed by atoms with Crippen molar-refractivity contribution >= 4 is 28.5 Å². The number of benzene rings is 2. The Kier molecular flexibility index (Phi) is 6.36. The van der Waals surface area contributed by atoms with Gasteiger partial charge < -0.3 is 10.2 Å². The molecule has 3 aromatic rings. The number of fused-ring (bicyclic) bond motifs is 1. The molecule has 9 heteroatoms. The zero-order chi connectivity index (χ0) is 22.7. The van der Waals surface area contributed by atoms with Gasteiger partial charge in [-0.2, -0.15) is 0 Å². The number of anilines is 1. The maximum atomic E-state index is 13.2. The van der Waals surface area contributed by atoms with E-state index in [0.29, 0.717) is 38.4 Å². The number of nitrogens with one attached hydrogen (secondary N) is 1. The van der Waals surface area contributed by atoms with E-state index in [4.69, 9.17) is 0 Å². The van der Waals surface area contributed by atoms with E-state index < -0.39 is 5.82 Å². The van der Waals surface area contributed by atoms with Crippen molar-refractivity contribution in [3.63, 3.8) is 0 Å². The minimum Gasteiger partial charge on any atom is -0.340 e. The van der Waals surface area contributed by atoms with Gasteiger partial charge in [0, 0.05) is 51.9 Å². The molecule has 1 aliphatic heterocycles. The van der Waals surface area contributed by atoms with Gasteiger partial charge in [-0.05, 0) is 30.3 Å². The molecule has 1 saturated heterocycles. The van der Waals surface area contributed by atoms with Crippen molar-refractivity contribution in [2.75, 3.05) is 38.0 Å². The molecule has 2 amide bonds. The highest BCUT2D eigenvalue weighted by atomic mass is 19.1. The summed E-state index contributed by atoms with van der Waals surface area (Å²) >= 11 is 0. The number of rotatable bonds is 6. The molecule has 0 aliphatic carbocycles. The zero-order valence-electron chi connectivity index (χ0n) is 18.0. The average molecular weight is 439 g/mol. The predicted molar refractivity (Wildman–Crippen MR) is 120 cm³/mol. The quantitative estimate of drug-likeness (QED) is 0.634. The SMILES string of the molecule is Cn1c(=O)n(CCC(=O)N2CCN(CC(=O)Nc3cccc(F)c3)CC2)c2ccccc21. The molecule has 0 bridgehead atoms. The number of hydrogen-bond donors (Lipinski definition) is 1. The fourth-order valence-electron chi connectivity index (χ4n) is 4.07. The molecule has 4 rings (SSSR count). The summed E-state index contributed by atoms with van der Waals surface area (Å²) in [6, 6.07) is 13.3. The van der Waals surface area contributed by atoms with Gasteiger partial charge in [-0.15, -0.1) is 0 Å². The Labute approximate surface area is 184 Å². The molecule has 0 spiro atoms. The van der Waals surface area contributed by atoms with E-state index in [-0.39, 0.29) is 30.5 Å². The summed E-state index contributed by atoms with van der Waals surface area (Å²) in [5.74, 6) is -0.625. The molecule has 0 saturated carbocycles. The molecule has 1 aliphatic rings. The molecule has 0 radical (unpaired) electrons. The van der Waals surface area contributed by atoms with E-state index in [0.717, 1.165) is 11.0 Å². The molecule has 32 heavy (non-hydrogen) atoms. The van der Waals surface area contributed by atoms with Gasteiger partial charge in [-0.25, -0.2) is 9.18 Å². The van der Waals surface area contributed by atoms with Crippen LogP contribution >= 0.6 is 0 Å². The van der Waals surface area contributed by atoms with Crippen LogP contribution in [0, 0.1) is 5.82 Å². The van der Waals surface area contributed by atoms with Crippen molar-refractivity contribution in [1.29, 1.82) is 0 Å². The number of piperazine rings is 1. The van der Waals surface area contributed by atoms with Gasteiger partial charge in [0.25, 0.3) is 0 Å². The van der Waals surface area contributed by atoms with E-state index in [1.165, 1.54) is 12.1 Å². The Morgan fingerprint density at radius 1 is 1.00 bits per heavy atom. The monoisotopic (exact) mass is 439 g/mol. The number of halogens is 1. The van der Waals surface area contributed by atoms with Crippen molar-refractivity contribution in [2.45, 2.75) is 13.0 Å². The van der Waals surface area contributed by atoms with Gasteiger partial charge in [0.05, 0.1) is 17.6 Å². The molecular weight excluding hydrogens is 413 g/mol. The van der Waals surface area contributed by atoms with Crippen molar-refractivity contribution in [1.82, 2.24) is 18.9 Å². The maximum absolute atomic E-state index is 13.2. The van der Waals surface area contributed by atoms with E-state index in [9.17, 15) is 18.8 Å². The standard InChI is InChI=1S/C23H26FN5O3/c1-26-19-7-2-3-8-20(19)29(23(26)32)10-9-22(31)28-13-11-27(12-14-28)16-21(30)25-18-6-4-5-17(24)15-18/h2-8,15H,9-14,16H2,1H3,(H,25,30). The fourth-order valence-corrected chi connectivity index (χ4v) is 4.07. The Bertz CT molecular complexity index is 1190. The molecule has 0 atom stereocenters. The summed E-state index contributed by atoms with van der Waals surface area (Å²) < 4.78 is 16.5. The van der Waals surface area contributed by atoms with E-state index >= 15 is 0 Å². The predicted octanol–water partition coefficient (Wildman–Crippen LogP) is 1.65. The number of aromatic nitrogens is 2. The van der Waals surface area contributed by atoms with Crippen LogP contribution in [0.2, 0.25) is 0 Å². The molecule has 168 valence electrons. The topological polar surface area (TPSA) is 79.6 Å². The van der Waals surface area contributed by atoms with Crippen molar-refractivity contribution in [3.8, 4) is 0 Å². The van der Waals surface area contributed by atoms with Gasteiger partial charge in [-0.1, -0.05) is 18.2 Å². The molecule has 1 fully saturated rings. The number of para-hydroxylation sites is 2. The molecule has 0 unspecified atom stereocenters. The normalized spacial score (nSPS) is 14.6. The lowest BCUT2D eigenvalue weighted by Gasteiger charge is -2.34. The highest BCUT2D eigenvalue weighted by molar-refractivity contribution is 5.92. The Balaban J connectivity index is 1.26. The van der Waals surface area contributed by atoms with Crippen molar-refractivity contribution < 1.29 is 14.0 Å². The summed E-state index contributed by atoms with van der Waals surface area (Å²) in [5, 5.41) is 2.69. The second-order valence-corrected chi connectivity index (χ2v) is 7.95. The largest absolute Gasteiger partial charge is 0.340 e. The summed E-state index contributed by atoms with van der Waals surface area (Å²) in [6.07, 6.45) is 0.244. The first kappa shape index (κ1) is 21.8. The number of aryl methyl sites for hydroxylation is 2. The van der Waals surface area contributed by atoms with Crippen LogP contribution in [0.4, 0.5) is 10.1 Å². The highest BCUT2D eigenvalue weighted by Crippen LogP contribution is 2.13. The van der Waals surface area contributed by atoms with Gasteiger partial charge in [0.1, 0.15) is 5.82 Å². The lowest BCUT2D eigenvalue weighted by molar-refractivity contribution is -0.133. The summed E-state index contributed by atoms with van der Waals surface area (Å²) in [4.78, 5) is 41.2. The highest BCUT2D eigenvalue weighted by Gasteiger charge is 2.23. The average Bonchev–Trinajstić information content (AvgIpc) is 3.02. The molecule has 2 aromatic carbocycles. The van der Waals surface area contributed by atoms with Crippen LogP contribution < -0.4 is 11.0 Å². The Morgan fingerprint density at radius 2 is 1.72 bits per heavy atom. The summed E-state index contributed by atoms with van der Waals surface area (Å²) in [5.41, 5.74) is 1.96. The second kappa shape index (κ2) is 9.35. The zero-order valence-corrected chi connectivity index (χ0v) is 18.0. The van der Waals surface area contributed by atoms with Gasteiger partial charge in [-0.3, -0.25) is 23.6 Å². The smallest absolute Gasteiger partial charge is 0.328 e. The fraction of sp³-hybridized carbons (Fsp3) is 0.348. The Morgan fingerprint density at radius 3 is 2.44 bits per heavy atom. The second-order valence-electron chi connectivity index (χ2n) is 7.95. The third-order valence-electron chi connectivity index (χ3n) is 5.80. The minimum atomic E-state index is -0.402. The number of amides is 2. The number of nitrogens with zero attached hydrogens (tertiary/aromatic N) is 4. The summed E-state index contributed by atoms with van der Waals surface area (Å²) in [7, 11) is 1.73. The third-order valence-corrected chi connectivity index (χ3v) is 5.80. The first-order valence-corrected chi connectivity index (χ1v) is 10.6. The van der Waals surface area contributed by atoms with E-state index in [1.54, 1.807) is 33.2 Å². The van der Waals surface area contributed by atoms with Gasteiger partial charge in [0.2, 0.25) is 11.8 Å². The summed E-state index contributed by atoms with van der Waals surface area (Å²) in [6.45, 7) is 2.72. The van der Waals surface area contributed by atoms with Crippen molar-refractivity contribution in [3.05, 3.63) is 64.8 Å². The molecular formula is C23H26FN5O3. The maximum Gasteiger partial charge on any atom is 0.328 e. The lowest BCUT2D eigenvalue weighted by atomic mass is 10.2. The van der Waals surface area contributed by atoms with Gasteiger partial charge >= 0.3 is 5.69 Å². The van der Waals surface area contributed by atoms with Gasteiger partial charge in [0.15, 0.2) is 0 Å². The molecule has 2 heterocycles. The van der Waals surface area contributed by atoms with Crippen LogP contribution in [0.3, 0.4) is 0 Å². The Hall–Kier alpha value is -3.46. The number of carbonyl (C=O) groups is 2. The molecule has 1 aromatic heterocycles. The minimum absolute atomic E-state index is 0.00584.